The fraction of sp³-hybridized carbons (Fsp3) is 0.385. The molecule has 3 atom stereocenters. The third-order valence-electron chi connectivity index (χ3n) is 7.04. The Morgan fingerprint density at radius 2 is 1.63 bits per heavy atom. The Labute approximate surface area is 207 Å². The monoisotopic (exact) mass is 496 g/mol. The number of rotatable bonds is 5. The fourth-order valence-corrected chi connectivity index (χ4v) is 5.42. The van der Waals surface area contributed by atoms with Crippen LogP contribution in [0.3, 0.4) is 0 Å². The van der Waals surface area contributed by atoms with Crippen molar-refractivity contribution in [3.8, 4) is 11.5 Å². The van der Waals surface area contributed by atoms with Crippen LogP contribution < -0.4 is 19.3 Å². The van der Waals surface area contributed by atoms with E-state index in [1.54, 1.807) is 42.5 Å². The molecule has 2 saturated heterocycles. The normalized spacial score (nSPS) is 24.1. The van der Waals surface area contributed by atoms with E-state index in [0.717, 1.165) is 25.7 Å². The standard InChI is InChI=1S/C26H25ClN2O6/c1-34-22-11-6-16(27)13-21(22)28-14-15(12-23(28)30)26(33)35-18-9-7-17(8-10-18)29-24(31)19-4-2-3-5-20(19)25(29)32/h6-11,13,15,19-20H,2-5,12,14H2,1H3/t15-,19+,20+/m1/s1. The van der Waals surface area contributed by atoms with Crippen molar-refractivity contribution in [1.29, 1.82) is 0 Å². The smallest absolute Gasteiger partial charge is 0.316 e. The first-order chi connectivity index (χ1) is 16.9. The average Bonchev–Trinajstić information content (AvgIpc) is 3.37. The van der Waals surface area contributed by atoms with Crippen LogP contribution >= 0.6 is 11.6 Å². The van der Waals surface area contributed by atoms with E-state index in [-0.39, 0.29) is 48.3 Å². The topological polar surface area (TPSA) is 93.2 Å². The summed E-state index contributed by atoms with van der Waals surface area (Å²) in [5.41, 5.74) is 0.981. The third kappa shape index (κ3) is 4.27. The Morgan fingerprint density at radius 1 is 0.971 bits per heavy atom. The lowest BCUT2D eigenvalue weighted by molar-refractivity contribution is -0.139. The molecule has 1 aliphatic carbocycles. The molecule has 5 rings (SSSR count). The molecule has 2 aliphatic heterocycles. The first-order valence-corrected chi connectivity index (χ1v) is 12.1. The van der Waals surface area contributed by atoms with Gasteiger partial charge in [-0.05, 0) is 55.3 Å². The van der Waals surface area contributed by atoms with Crippen LogP contribution in [0, 0.1) is 17.8 Å². The van der Waals surface area contributed by atoms with E-state index in [2.05, 4.69) is 0 Å². The molecule has 0 unspecified atom stereocenters. The Balaban J connectivity index is 1.26. The first kappa shape index (κ1) is 23.4. The molecular weight excluding hydrogens is 472 g/mol. The second-order valence-corrected chi connectivity index (χ2v) is 9.58. The largest absolute Gasteiger partial charge is 0.495 e. The maximum Gasteiger partial charge on any atom is 0.316 e. The van der Waals surface area contributed by atoms with E-state index < -0.39 is 11.9 Å². The minimum Gasteiger partial charge on any atom is -0.495 e. The lowest BCUT2D eigenvalue weighted by Gasteiger charge is -2.19. The number of amides is 3. The number of methoxy groups -OCH3 is 1. The Bertz CT molecular complexity index is 1170. The van der Waals surface area contributed by atoms with Crippen molar-refractivity contribution >= 4 is 46.7 Å². The van der Waals surface area contributed by atoms with Gasteiger partial charge in [0.15, 0.2) is 0 Å². The summed E-state index contributed by atoms with van der Waals surface area (Å²) in [6, 6.07) is 11.3. The number of hydrogen-bond acceptors (Lipinski definition) is 6. The molecule has 2 aromatic carbocycles. The quantitative estimate of drug-likeness (QED) is 0.353. The number of imide groups is 1. The highest BCUT2D eigenvalue weighted by Gasteiger charge is 2.48. The van der Waals surface area contributed by atoms with Gasteiger partial charge in [-0.2, -0.15) is 0 Å². The molecule has 3 amide bonds. The van der Waals surface area contributed by atoms with E-state index in [4.69, 9.17) is 21.1 Å². The average molecular weight is 497 g/mol. The molecule has 9 heteroatoms. The minimum absolute atomic E-state index is 0.00609. The van der Waals surface area contributed by atoms with Crippen molar-refractivity contribution in [3.05, 3.63) is 47.5 Å². The van der Waals surface area contributed by atoms with Crippen molar-refractivity contribution in [2.45, 2.75) is 32.1 Å². The summed E-state index contributed by atoms with van der Waals surface area (Å²) in [5.74, 6) is -1.40. The number of fused-ring (bicyclic) bond motifs is 1. The second-order valence-electron chi connectivity index (χ2n) is 9.15. The molecular formula is C26H25ClN2O6. The molecule has 2 heterocycles. The number of esters is 1. The third-order valence-corrected chi connectivity index (χ3v) is 7.28. The van der Waals surface area contributed by atoms with Gasteiger partial charge >= 0.3 is 5.97 Å². The number of hydrogen-bond donors (Lipinski definition) is 0. The summed E-state index contributed by atoms with van der Waals surface area (Å²) < 4.78 is 10.8. The predicted molar refractivity (Wildman–Crippen MR) is 128 cm³/mol. The summed E-state index contributed by atoms with van der Waals surface area (Å²) in [4.78, 5) is 53.8. The van der Waals surface area contributed by atoms with Crippen LogP contribution in [0.25, 0.3) is 0 Å². The molecule has 3 aliphatic rings. The lowest BCUT2D eigenvalue weighted by Crippen LogP contribution is -2.30. The van der Waals surface area contributed by atoms with Crippen molar-refractivity contribution in [2.75, 3.05) is 23.5 Å². The molecule has 0 radical (unpaired) electrons. The zero-order chi connectivity index (χ0) is 24.7. The summed E-state index contributed by atoms with van der Waals surface area (Å²) in [7, 11) is 1.50. The zero-order valence-corrected chi connectivity index (χ0v) is 20.0. The van der Waals surface area contributed by atoms with Gasteiger partial charge < -0.3 is 14.4 Å². The zero-order valence-electron chi connectivity index (χ0n) is 19.2. The molecule has 0 N–H and O–H groups in total. The van der Waals surface area contributed by atoms with Gasteiger partial charge in [0.1, 0.15) is 11.5 Å². The molecule has 35 heavy (non-hydrogen) atoms. The van der Waals surface area contributed by atoms with Gasteiger partial charge in [-0.3, -0.25) is 24.1 Å². The van der Waals surface area contributed by atoms with Gasteiger partial charge in [0.25, 0.3) is 0 Å². The van der Waals surface area contributed by atoms with Crippen LogP contribution in [-0.2, 0) is 19.2 Å². The minimum atomic E-state index is -0.657. The Hall–Kier alpha value is -3.39. The van der Waals surface area contributed by atoms with Crippen molar-refractivity contribution in [1.82, 2.24) is 0 Å². The summed E-state index contributed by atoms with van der Waals surface area (Å²) in [5, 5.41) is 0.453. The van der Waals surface area contributed by atoms with Crippen LogP contribution in [-0.4, -0.2) is 37.3 Å². The molecule has 182 valence electrons. The summed E-state index contributed by atoms with van der Waals surface area (Å²) in [6.45, 7) is 0.145. The summed E-state index contributed by atoms with van der Waals surface area (Å²) in [6.07, 6.45) is 3.44. The highest BCUT2D eigenvalue weighted by Crippen LogP contribution is 2.40. The lowest BCUT2D eigenvalue weighted by atomic mass is 9.81. The van der Waals surface area contributed by atoms with Gasteiger partial charge in [0, 0.05) is 18.0 Å². The molecule has 2 aromatic rings. The van der Waals surface area contributed by atoms with E-state index in [9.17, 15) is 19.2 Å². The number of anilines is 2. The van der Waals surface area contributed by atoms with E-state index >= 15 is 0 Å². The molecule has 3 fully saturated rings. The number of benzene rings is 2. The van der Waals surface area contributed by atoms with Gasteiger partial charge in [-0.15, -0.1) is 0 Å². The maximum atomic E-state index is 12.8. The SMILES string of the molecule is COc1ccc(Cl)cc1N1C[C@H](C(=O)Oc2ccc(N3C(=O)[C@H]4CCCC[C@@H]4C3=O)cc2)CC1=O. The number of carbonyl (C=O) groups excluding carboxylic acids is 4. The fourth-order valence-electron chi connectivity index (χ4n) is 5.25. The molecule has 8 nitrogen and oxygen atoms in total. The van der Waals surface area contributed by atoms with Crippen LogP contribution in [0.15, 0.2) is 42.5 Å². The number of ether oxygens (including phenoxy) is 2. The van der Waals surface area contributed by atoms with Gasteiger partial charge in [-0.1, -0.05) is 24.4 Å². The summed E-state index contributed by atoms with van der Waals surface area (Å²) >= 11 is 6.09. The highest BCUT2D eigenvalue weighted by molar-refractivity contribution is 6.31. The number of halogens is 1. The first-order valence-electron chi connectivity index (χ1n) is 11.7. The van der Waals surface area contributed by atoms with Gasteiger partial charge in [-0.25, -0.2) is 0 Å². The van der Waals surface area contributed by atoms with Crippen LogP contribution in [0.4, 0.5) is 11.4 Å². The van der Waals surface area contributed by atoms with Crippen LogP contribution in [0.2, 0.25) is 5.02 Å². The van der Waals surface area contributed by atoms with Crippen molar-refractivity contribution < 1.29 is 28.7 Å². The molecule has 0 aromatic heterocycles. The second kappa shape index (κ2) is 9.34. The van der Waals surface area contributed by atoms with Crippen molar-refractivity contribution in [3.63, 3.8) is 0 Å². The van der Waals surface area contributed by atoms with Gasteiger partial charge in [0.05, 0.1) is 36.2 Å². The predicted octanol–water partition coefficient (Wildman–Crippen LogP) is 3.99. The molecule has 0 spiro atoms. The van der Waals surface area contributed by atoms with E-state index in [1.807, 2.05) is 0 Å². The van der Waals surface area contributed by atoms with E-state index in [1.165, 1.54) is 16.9 Å². The van der Waals surface area contributed by atoms with Crippen LogP contribution in [0.5, 0.6) is 11.5 Å². The maximum absolute atomic E-state index is 12.8. The van der Waals surface area contributed by atoms with Crippen molar-refractivity contribution in [2.24, 2.45) is 17.8 Å². The van der Waals surface area contributed by atoms with Crippen LogP contribution in [0.1, 0.15) is 32.1 Å². The number of carbonyl (C=O) groups is 4. The Morgan fingerprint density at radius 3 is 2.26 bits per heavy atom. The van der Waals surface area contributed by atoms with Gasteiger partial charge in [0.2, 0.25) is 17.7 Å². The Kier molecular flexibility index (Phi) is 6.23. The highest BCUT2D eigenvalue weighted by atomic mass is 35.5. The molecule has 1 saturated carbocycles. The van der Waals surface area contributed by atoms with E-state index in [0.29, 0.717) is 22.1 Å². The number of nitrogens with zero attached hydrogens (tertiary/aromatic N) is 2. The molecule has 0 bridgehead atoms.